The summed E-state index contributed by atoms with van der Waals surface area (Å²) in [6, 6.07) is 11.2. The van der Waals surface area contributed by atoms with Gasteiger partial charge in [0.15, 0.2) is 0 Å². The van der Waals surface area contributed by atoms with E-state index in [1.165, 1.54) is 24.3 Å². The molecule has 4 nitrogen and oxygen atoms in total. The Morgan fingerprint density at radius 2 is 1.95 bits per heavy atom. The van der Waals surface area contributed by atoms with Crippen molar-refractivity contribution >= 4 is 17.3 Å². The normalized spacial score (nSPS) is 10.3. The van der Waals surface area contributed by atoms with Crippen LogP contribution in [0.3, 0.4) is 0 Å². The summed E-state index contributed by atoms with van der Waals surface area (Å²) in [7, 11) is 0. The average Bonchev–Trinajstić information content (AvgIpc) is 2.50. The van der Waals surface area contributed by atoms with Crippen LogP contribution < -0.4 is 15.8 Å². The molecule has 3 N–H and O–H groups in total. The van der Waals surface area contributed by atoms with E-state index >= 15 is 0 Å². The highest BCUT2D eigenvalue weighted by atomic mass is 19.1. The first-order valence-corrected chi connectivity index (χ1v) is 7.15. The molecule has 2 aromatic rings. The summed E-state index contributed by atoms with van der Waals surface area (Å²) in [6.45, 7) is 2.46. The number of carbonyl (C=O) groups is 1. The molecule has 0 heterocycles. The third kappa shape index (κ3) is 4.48. The van der Waals surface area contributed by atoms with Crippen LogP contribution in [0.2, 0.25) is 0 Å². The van der Waals surface area contributed by atoms with Crippen LogP contribution in [0.1, 0.15) is 18.9 Å². The van der Waals surface area contributed by atoms with Crippen LogP contribution in [-0.4, -0.2) is 12.5 Å². The number of nitrogen functional groups attached to an aromatic ring is 1. The van der Waals surface area contributed by atoms with Crippen molar-refractivity contribution in [2.24, 2.45) is 0 Å². The highest BCUT2D eigenvalue weighted by molar-refractivity contribution is 5.90. The molecule has 0 spiro atoms. The maximum Gasteiger partial charge on any atom is 0.224 e. The lowest BCUT2D eigenvalue weighted by Gasteiger charge is -2.09. The molecule has 0 atom stereocenters. The number of aryl methyl sites for hydroxylation is 1. The van der Waals surface area contributed by atoms with Gasteiger partial charge in [-0.1, -0.05) is 6.07 Å². The molecule has 0 fully saturated rings. The molecule has 1 amide bonds. The second-order valence-electron chi connectivity index (χ2n) is 4.86. The summed E-state index contributed by atoms with van der Waals surface area (Å²) in [5, 5.41) is 2.72. The number of anilines is 2. The summed E-state index contributed by atoms with van der Waals surface area (Å²) < 4.78 is 18.2. The number of amides is 1. The van der Waals surface area contributed by atoms with Crippen molar-refractivity contribution in [3.05, 3.63) is 53.8 Å². The minimum atomic E-state index is -0.331. The zero-order valence-electron chi connectivity index (χ0n) is 12.4. The molecular formula is C17H19FN2O2. The Labute approximate surface area is 129 Å². The Hall–Kier alpha value is -2.56. The molecule has 0 aliphatic heterocycles. The number of hydrogen-bond donors (Lipinski definition) is 2. The Balaban J connectivity index is 1.88. The highest BCUT2D eigenvalue weighted by Crippen LogP contribution is 2.23. The number of halogens is 1. The van der Waals surface area contributed by atoms with Gasteiger partial charge in [0.25, 0.3) is 0 Å². The Morgan fingerprint density at radius 1 is 1.23 bits per heavy atom. The summed E-state index contributed by atoms with van der Waals surface area (Å²) in [5.74, 6) is 0.198. The third-order valence-electron chi connectivity index (χ3n) is 3.14. The number of nitrogens with one attached hydrogen (secondary N) is 1. The van der Waals surface area contributed by atoms with Crippen molar-refractivity contribution in [2.45, 2.75) is 19.8 Å². The fourth-order valence-corrected chi connectivity index (χ4v) is 2.05. The van der Waals surface area contributed by atoms with Gasteiger partial charge in [0.2, 0.25) is 5.91 Å². The van der Waals surface area contributed by atoms with Gasteiger partial charge < -0.3 is 15.8 Å². The zero-order valence-corrected chi connectivity index (χ0v) is 12.4. The Morgan fingerprint density at radius 3 is 2.59 bits per heavy atom. The fraction of sp³-hybridized carbons (Fsp3) is 0.235. The van der Waals surface area contributed by atoms with Gasteiger partial charge in [-0.05, 0) is 55.3 Å². The zero-order chi connectivity index (χ0) is 15.9. The topological polar surface area (TPSA) is 64.3 Å². The molecule has 116 valence electrons. The van der Waals surface area contributed by atoms with Gasteiger partial charge in [0.1, 0.15) is 11.6 Å². The van der Waals surface area contributed by atoms with Crippen LogP contribution in [0.25, 0.3) is 0 Å². The Kier molecular flexibility index (Phi) is 5.36. The van der Waals surface area contributed by atoms with Crippen molar-refractivity contribution in [3.8, 4) is 5.75 Å². The molecule has 22 heavy (non-hydrogen) atoms. The number of benzene rings is 2. The maximum absolute atomic E-state index is 12.8. The van der Waals surface area contributed by atoms with Crippen molar-refractivity contribution in [3.63, 3.8) is 0 Å². The van der Waals surface area contributed by atoms with E-state index in [-0.39, 0.29) is 11.7 Å². The van der Waals surface area contributed by atoms with Crippen LogP contribution in [0.15, 0.2) is 42.5 Å². The molecule has 0 saturated heterocycles. The molecule has 2 rings (SSSR count). The monoisotopic (exact) mass is 302 g/mol. The van der Waals surface area contributed by atoms with E-state index in [2.05, 4.69) is 5.32 Å². The van der Waals surface area contributed by atoms with Crippen molar-refractivity contribution in [2.75, 3.05) is 17.7 Å². The number of nitrogens with two attached hydrogens (primary N) is 1. The lowest BCUT2D eigenvalue weighted by Crippen LogP contribution is -2.12. The molecular weight excluding hydrogens is 283 g/mol. The first-order valence-electron chi connectivity index (χ1n) is 7.15. The van der Waals surface area contributed by atoms with Crippen LogP contribution >= 0.6 is 0 Å². The molecule has 0 aliphatic rings. The van der Waals surface area contributed by atoms with E-state index in [4.69, 9.17) is 10.5 Å². The smallest absolute Gasteiger partial charge is 0.224 e. The van der Waals surface area contributed by atoms with Crippen LogP contribution in [0.5, 0.6) is 5.75 Å². The molecule has 0 aromatic heterocycles. The predicted molar refractivity (Wildman–Crippen MR) is 85.4 cm³/mol. The van der Waals surface area contributed by atoms with Gasteiger partial charge in [0, 0.05) is 12.1 Å². The van der Waals surface area contributed by atoms with E-state index in [0.29, 0.717) is 36.6 Å². The SMILES string of the molecule is CCOc1ccc(CCC(=O)Nc2ccc(F)cc2)cc1N. The number of rotatable bonds is 6. The Bertz CT molecular complexity index is 642. The van der Waals surface area contributed by atoms with E-state index in [1.54, 1.807) is 0 Å². The molecule has 5 heteroatoms. The van der Waals surface area contributed by atoms with E-state index < -0.39 is 0 Å². The minimum absolute atomic E-state index is 0.126. The van der Waals surface area contributed by atoms with Gasteiger partial charge >= 0.3 is 0 Å². The largest absolute Gasteiger partial charge is 0.492 e. The first kappa shape index (κ1) is 15.8. The van der Waals surface area contributed by atoms with E-state index in [9.17, 15) is 9.18 Å². The van der Waals surface area contributed by atoms with E-state index in [0.717, 1.165) is 5.56 Å². The van der Waals surface area contributed by atoms with Crippen molar-refractivity contribution < 1.29 is 13.9 Å². The first-order chi connectivity index (χ1) is 10.6. The van der Waals surface area contributed by atoms with Gasteiger partial charge in [-0.15, -0.1) is 0 Å². The number of hydrogen-bond acceptors (Lipinski definition) is 3. The number of ether oxygens (including phenoxy) is 1. The van der Waals surface area contributed by atoms with Crippen molar-refractivity contribution in [1.82, 2.24) is 0 Å². The lowest BCUT2D eigenvalue weighted by atomic mass is 10.1. The van der Waals surface area contributed by atoms with Gasteiger partial charge in [-0.25, -0.2) is 4.39 Å². The van der Waals surface area contributed by atoms with Crippen LogP contribution in [0, 0.1) is 5.82 Å². The molecule has 0 radical (unpaired) electrons. The van der Waals surface area contributed by atoms with Crippen LogP contribution in [-0.2, 0) is 11.2 Å². The predicted octanol–water partition coefficient (Wildman–Crippen LogP) is 3.38. The van der Waals surface area contributed by atoms with Gasteiger partial charge in [-0.2, -0.15) is 0 Å². The van der Waals surface area contributed by atoms with Gasteiger partial charge in [-0.3, -0.25) is 4.79 Å². The van der Waals surface area contributed by atoms with Crippen molar-refractivity contribution in [1.29, 1.82) is 0 Å². The maximum atomic E-state index is 12.8. The minimum Gasteiger partial charge on any atom is -0.492 e. The fourth-order valence-electron chi connectivity index (χ4n) is 2.05. The highest BCUT2D eigenvalue weighted by Gasteiger charge is 2.06. The second kappa shape index (κ2) is 7.45. The summed E-state index contributed by atoms with van der Waals surface area (Å²) in [5.41, 5.74) is 8.01. The number of carbonyl (C=O) groups excluding carboxylic acids is 1. The molecule has 0 aliphatic carbocycles. The molecule has 0 bridgehead atoms. The quantitative estimate of drug-likeness (QED) is 0.804. The standard InChI is InChI=1S/C17H19FN2O2/c1-2-22-16-9-3-12(11-15(16)19)4-10-17(21)20-14-7-5-13(18)6-8-14/h3,5-9,11H,2,4,10,19H2,1H3,(H,20,21). The second-order valence-corrected chi connectivity index (χ2v) is 4.86. The lowest BCUT2D eigenvalue weighted by molar-refractivity contribution is -0.116. The molecule has 0 unspecified atom stereocenters. The van der Waals surface area contributed by atoms with Crippen LogP contribution in [0.4, 0.5) is 15.8 Å². The molecule has 0 saturated carbocycles. The summed E-state index contributed by atoms with van der Waals surface area (Å²) in [6.07, 6.45) is 0.897. The molecule has 2 aromatic carbocycles. The summed E-state index contributed by atoms with van der Waals surface area (Å²) >= 11 is 0. The van der Waals surface area contributed by atoms with E-state index in [1.807, 2.05) is 25.1 Å². The average molecular weight is 302 g/mol. The third-order valence-corrected chi connectivity index (χ3v) is 3.14. The summed E-state index contributed by atoms with van der Waals surface area (Å²) in [4.78, 5) is 11.9. The van der Waals surface area contributed by atoms with Gasteiger partial charge in [0.05, 0.1) is 12.3 Å².